The standard InChI is InChI=1S/C16H33N/c1-4-7-9-10-11-12-13-14-16-17(6-3)15-8-5-2/h5,8H,4,6-7,9-16H2,1-3H3. The fraction of sp³-hybridized carbons (Fsp3) is 0.875. The van der Waals surface area contributed by atoms with Crippen molar-refractivity contribution in [3.05, 3.63) is 12.2 Å². The summed E-state index contributed by atoms with van der Waals surface area (Å²) in [6.45, 7) is 10.2. The average Bonchev–Trinajstić information content (AvgIpc) is 2.36. The maximum absolute atomic E-state index is 2.52. The number of nitrogens with zero attached hydrogens (tertiary/aromatic N) is 1. The molecule has 17 heavy (non-hydrogen) atoms. The van der Waals surface area contributed by atoms with E-state index in [1.165, 1.54) is 64.5 Å². The lowest BCUT2D eigenvalue weighted by Gasteiger charge is -2.18. The van der Waals surface area contributed by atoms with Crippen LogP contribution in [0.4, 0.5) is 0 Å². The fourth-order valence-corrected chi connectivity index (χ4v) is 2.10. The van der Waals surface area contributed by atoms with Crippen molar-refractivity contribution >= 4 is 0 Å². The van der Waals surface area contributed by atoms with Gasteiger partial charge in [-0.15, -0.1) is 0 Å². The van der Waals surface area contributed by atoms with Crippen LogP contribution in [0.5, 0.6) is 0 Å². The highest BCUT2D eigenvalue weighted by atomic mass is 15.1. The Labute approximate surface area is 109 Å². The molecule has 0 aromatic carbocycles. The topological polar surface area (TPSA) is 3.24 Å². The van der Waals surface area contributed by atoms with Crippen molar-refractivity contribution in [1.82, 2.24) is 4.90 Å². The highest BCUT2D eigenvalue weighted by Crippen LogP contribution is 2.08. The van der Waals surface area contributed by atoms with E-state index < -0.39 is 0 Å². The lowest BCUT2D eigenvalue weighted by atomic mass is 10.1. The van der Waals surface area contributed by atoms with Crippen LogP contribution in [-0.4, -0.2) is 24.5 Å². The first-order valence-electron chi connectivity index (χ1n) is 7.68. The van der Waals surface area contributed by atoms with Crippen molar-refractivity contribution in [2.45, 2.75) is 72.1 Å². The fourth-order valence-electron chi connectivity index (χ4n) is 2.10. The van der Waals surface area contributed by atoms with Gasteiger partial charge in [0.25, 0.3) is 0 Å². The molecule has 0 bridgehead atoms. The van der Waals surface area contributed by atoms with Gasteiger partial charge >= 0.3 is 0 Å². The van der Waals surface area contributed by atoms with Crippen molar-refractivity contribution in [2.24, 2.45) is 0 Å². The molecule has 0 heterocycles. The first-order chi connectivity index (χ1) is 8.35. The summed E-state index contributed by atoms with van der Waals surface area (Å²) in [5.41, 5.74) is 0. The first kappa shape index (κ1) is 16.7. The second kappa shape index (κ2) is 13.8. The number of hydrogen-bond donors (Lipinski definition) is 0. The Morgan fingerprint density at radius 2 is 1.41 bits per heavy atom. The van der Waals surface area contributed by atoms with E-state index >= 15 is 0 Å². The lowest BCUT2D eigenvalue weighted by molar-refractivity contribution is 0.309. The van der Waals surface area contributed by atoms with Crippen LogP contribution in [0.2, 0.25) is 0 Å². The molecule has 0 fully saturated rings. The Kier molecular flexibility index (Phi) is 13.5. The number of unbranched alkanes of at least 4 members (excludes halogenated alkanes) is 7. The van der Waals surface area contributed by atoms with Crippen LogP contribution in [-0.2, 0) is 0 Å². The lowest BCUT2D eigenvalue weighted by Crippen LogP contribution is -2.24. The quantitative estimate of drug-likeness (QED) is 0.341. The minimum absolute atomic E-state index is 1.13. The van der Waals surface area contributed by atoms with Crippen LogP contribution in [0.1, 0.15) is 72.1 Å². The van der Waals surface area contributed by atoms with E-state index in [0.29, 0.717) is 0 Å². The van der Waals surface area contributed by atoms with Crippen LogP contribution < -0.4 is 0 Å². The van der Waals surface area contributed by atoms with Gasteiger partial charge in [0.15, 0.2) is 0 Å². The molecule has 0 saturated heterocycles. The van der Waals surface area contributed by atoms with E-state index in [-0.39, 0.29) is 0 Å². The highest BCUT2D eigenvalue weighted by Gasteiger charge is 1.99. The van der Waals surface area contributed by atoms with Crippen LogP contribution in [0, 0.1) is 0 Å². The predicted octanol–water partition coefficient (Wildman–Crippen LogP) is 5.03. The van der Waals surface area contributed by atoms with Crippen molar-refractivity contribution in [3.63, 3.8) is 0 Å². The minimum Gasteiger partial charge on any atom is -0.300 e. The smallest absolute Gasteiger partial charge is 0.0162 e. The third-order valence-corrected chi connectivity index (χ3v) is 3.37. The van der Waals surface area contributed by atoms with E-state index in [2.05, 4.69) is 37.8 Å². The number of likely N-dealkylation sites (N-methyl/N-ethyl adjacent to an activating group) is 1. The first-order valence-corrected chi connectivity index (χ1v) is 7.68. The predicted molar refractivity (Wildman–Crippen MR) is 79.5 cm³/mol. The molecule has 1 nitrogen and oxygen atoms in total. The van der Waals surface area contributed by atoms with Crippen molar-refractivity contribution in [1.29, 1.82) is 0 Å². The summed E-state index contributed by atoms with van der Waals surface area (Å²) in [5.74, 6) is 0. The van der Waals surface area contributed by atoms with Crippen molar-refractivity contribution < 1.29 is 0 Å². The van der Waals surface area contributed by atoms with Crippen LogP contribution in [0.15, 0.2) is 12.2 Å². The van der Waals surface area contributed by atoms with Gasteiger partial charge in [-0.05, 0) is 26.4 Å². The normalized spacial score (nSPS) is 11.8. The SMILES string of the molecule is CC=CCN(CC)CCCCCCCCCC. The minimum atomic E-state index is 1.13. The van der Waals surface area contributed by atoms with Crippen molar-refractivity contribution in [3.8, 4) is 0 Å². The van der Waals surface area contributed by atoms with Crippen LogP contribution in [0.3, 0.4) is 0 Å². The number of rotatable bonds is 12. The second-order valence-electron chi connectivity index (χ2n) is 4.94. The molecule has 0 atom stereocenters. The summed E-state index contributed by atoms with van der Waals surface area (Å²) in [5, 5.41) is 0. The third-order valence-electron chi connectivity index (χ3n) is 3.37. The van der Waals surface area contributed by atoms with E-state index in [4.69, 9.17) is 0 Å². The summed E-state index contributed by atoms with van der Waals surface area (Å²) < 4.78 is 0. The molecule has 0 aliphatic carbocycles. The maximum Gasteiger partial charge on any atom is 0.0162 e. The van der Waals surface area contributed by atoms with Gasteiger partial charge in [-0.2, -0.15) is 0 Å². The van der Waals surface area contributed by atoms with Gasteiger partial charge in [0, 0.05) is 6.54 Å². The zero-order chi connectivity index (χ0) is 12.8. The van der Waals surface area contributed by atoms with Gasteiger partial charge in [0.1, 0.15) is 0 Å². The second-order valence-corrected chi connectivity index (χ2v) is 4.94. The molecule has 0 spiro atoms. The maximum atomic E-state index is 2.52. The molecule has 102 valence electrons. The van der Waals surface area contributed by atoms with Crippen LogP contribution in [0.25, 0.3) is 0 Å². The van der Waals surface area contributed by atoms with Gasteiger partial charge < -0.3 is 0 Å². The van der Waals surface area contributed by atoms with Gasteiger partial charge in [-0.1, -0.05) is 70.9 Å². The highest BCUT2D eigenvalue weighted by molar-refractivity contribution is 4.80. The summed E-state index contributed by atoms with van der Waals surface area (Å²) >= 11 is 0. The number of hydrogen-bond acceptors (Lipinski definition) is 1. The summed E-state index contributed by atoms with van der Waals surface area (Å²) in [6.07, 6.45) is 15.8. The Hall–Kier alpha value is -0.300. The third kappa shape index (κ3) is 12.0. The van der Waals surface area contributed by atoms with Gasteiger partial charge in [-0.25, -0.2) is 0 Å². The average molecular weight is 239 g/mol. The summed E-state index contributed by atoms with van der Waals surface area (Å²) in [6, 6.07) is 0. The molecule has 0 aromatic rings. The molecule has 0 aliphatic heterocycles. The van der Waals surface area contributed by atoms with Gasteiger partial charge in [0.05, 0.1) is 0 Å². The Morgan fingerprint density at radius 1 is 0.824 bits per heavy atom. The molecule has 1 heteroatoms. The molecule has 0 rings (SSSR count). The zero-order valence-corrected chi connectivity index (χ0v) is 12.4. The summed E-state index contributed by atoms with van der Waals surface area (Å²) in [4.78, 5) is 2.52. The molecule has 0 aliphatic rings. The molecule has 0 N–H and O–H groups in total. The molecular weight excluding hydrogens is 206 g/mol. The Morgan fingerprint density at radius 3 is 1.94 bits per heavy atom. The van der Waals surface area contributed by atoms with Gasteiger partial charge in [0.2, 0.25) is 0 Å². The Bertz CT molecular complexity index is 163. The van der Waals surface area contributed by atoms with E-state index in [9.17, 15) is 0 Å². The summed E-state index contributed by atoms with van der Waals surface area (Å²) in [7, 11) is 0. The molecule has 0 saturated carbocycles. The van der Waals surface area contributed by atoms with Gasteiger partial charge in [-0.3, -0.25) is 4.90 Å². The van der Waals surface area contributed by atoms with Crippen LogP contribution >= 0.6 is 0 Å². The van der Waals surface area contributed by atoms with E-state index in [0.717, 1.165) is 6.54 Å². The Balaban J connectivity index is 3.24. The molecule has 0 radical (unpaired) electrons. The molecule has 0 aromatic heterocycles. The van der Waals surface area contributed by atoms with E-state index in [1.54, 1.807) is 0 Å². The largest absolute Gasteiger partial charge is 0.300 e. The monoisotopic (exact) mass is 239 g/mol. The zero-order valence-electron chi connectivity index (χ0n) is 12.4. The van der Waals surface area contributed by atoms with Crippen molar-refractivity contribution in [2.75, 3.05) is 19.6 Å². The molecule has 0 amide bonds. The number of allylic oxidation sites excluding steroid dienone is 1. The molecule has 0 unspecified atom stereocenters. The van der Waals surface area contributed by atoms with E-state index in [1.807, 2.05) is 0 Å². The molecular formula is C16H33N.